The maximum Gasteiger partial charge on any atom is 0.387 e. The number of aryl methyl sites for hydroxylation is 1. The van der Waals surface area contributed by atoms with Gasteiger partial charge in [0.05, 0.1) is 11.7 Å². The molecule has 1 atom stereocenters. The Morgan fingerprint density at radius 2 is 2.05 bits per heavy atom. The summed E-state index contributed by atoms with van der Waals surface area (Å²) in [6.45, 7) is -0.0298. The summed E-state index contributed by atoms with van der Waals surface area (Å²) in [6.07, 6.45) is 2.62. The van der Waals surface area contributed by atoms with Gasteiger partial charge in [-0.1, -0.05) is 25.1 Å². The Balaban J connectivity index is 2.39. The molecule has 0 fully saturated rings. The van der Waals surface area contributed by atoms with Crippen molar-refractivity contribution in [1.29, 1.82) is 0 Å². The number of benzene rings is 1. The zero-order valence-corrected chi connectivity index (χ0v) is 12.1. The second-order valence-electron chi connectivity index (χ2n) is 4.68. The van der Waals surface area contributed by atoms with Crippen molar-refractivity contribution in [3.8, 4) is 5.75 Å². The van der Waals surface area contributed by atoms with E-state index < -0.39 is 6.61 Å². The van der Waals surface area contributed by atoms with Gasteiger partial charge in [-0.05, 0) is 25.1 Å². The molecular weight excluding hydrogens is 276 g/mol. The van der Waals surface area contributed by atoms with Gasteiger partial charge >= 0.3 is 6.61 Å². The zero-order valence-electron chi connectivity index (χ0n) is 12.1. The first kappa shape index (κ1) is 15.4. The van der Waals surface area contributed by atoms with Crippen LogP contribution in [-0.4, -0.2) is 22.9 Å². The monoisotopic (exact) mass is 295 g/mol. The Labute approximate surface area is 122 Å². The summed E-state index contributed by atoms with van der Waals surface area (Å²) in [6, 6.07) is 8.46. The number of alkyl halides is 2. The lowest BCUT2D eigenvalue weighted by Crippen LogP contribution is -2.26. The van der Waals surface area contributed by atoms with Gasteiger partial charge in [0.15, 0.2) is 0 Å². The summed E-state index contributed by atoms with van der Waals surface area (Å²) in [7, 11) is 1.83. The lowest BCUT2D eigenvalue weighted by molar-refractivity contribution is -0.0506. The van der Waals surface area contributed by atoms with Gasteiger partial charge in [-0.15, -0.1) is 0 Å². The zero-order chi connectivity index (χ0) is 15.2. The first-order valence-corrected chi connectivity index (χ1v) is 6.88. The van der Waals surface area contributed by atoms with E-state index in [0.717, 1.165) is 18.7 Å². The van der Waals surface area contributed by atoms with Gasteiger partial charge in [0, 0.05) is 18.8 Å². The quantitative estimate of drug-likeness (QED) is 0.853. The lowest BCUT2D eigenvalue weighted by atomic mass is 10.0. The Hall–Kier alpha value is -1.95. The number of nitrogens with one attached hydrogen (secondary N) is 1. The molecule has 0 saturated carbocycles. The number of nitrogens with zero attached hydrogens (tertiary/aromatic N) is 2. The smallest absolute Gasteiger partial charge is 0.387 e. The lowest BCUT2D eigenvalue weighted by Gasteiger charge is -2.22. The number of hydrogen-bond acceptors (Lipinski definition) is 3. The predicted molar refractivity (Wildman–Crippen MR) is 76.4 cm³/mol. The van der Waals surface area contributed by atoms with E-state index in [1.807, 2.05) is 19.2 Å². The molecule has 4 nitrogen and oxygen atoms in total. The highest BCUT2D eigenvalue weighted by Crippen LogP contribution is 2.30. The SMILES string of the molecule is CCCNC(c1ccccc1OC(F)F)c1ccnn1C. The molecule has 1 N–H and O–H groups in total. The maximum atomic E-state index is 12.6. The third-order valence-electron chi connectivity index (χ3n) is 3.20. The molecule has 0 spiro atoms. The topological polar surface area (TPSA) is 39.1 Å². The van der Waals surface area contributed by atoms with Crippen LogP contribution >= 0.6 is 0 Å². The number of halogens is 2. The van der Waals surface area contributed by atoms with Crippen molar-refractivity contribution in [3.05, 3.63) is 47.8 Å². The van der Waals surface area contributed by atoms with Crippen LogP contribution in [0.3, 0.4) is 0 Å². The van der Waals surface area contributed by atoms with Gasteiger partial charge in [0.25, 0.3) is 0 Å². The fourth-order valence-electron chi connectivity index (χ4n) is 2.25. The summed E-state index contributed by atoms with van der Waals surface area (Å²) in [5.74, 6) is 0.183. The Morgan fingerprint density at radius 3 is 2.67 bits per heavy atom. The highest BCUT2D eigenvalue weighted by molar-refractivity contribution is 5.40. The molecule has 1 heterocycles. The summed E-state index contributed by atoms with van der Waals surface area (Å²) in [5.41, 5.74) is 1.57. The second-order valence-corrected chi connectivity index (χ2v) is 4.68. The molecule has 0 aliphatic heterocycles. The first-order chi connectivity index (χ1) is 10.1. The van der Waals surface area contributed by atoms with Gasteiger partial charge in [-0.2, -0.15) is 13.9 Å². The number of ether oxygens (including phenoxy) is 1. The maximum absolute atomic E-state index is 12.6. The summed E-state index contributed by atoms with van der Waals surface area (Å²) in [5, 5.41) is 7.51. The predicted octanol–water partition coefficient (Wildman–Crippen LogP) is 3.11. The Kier molecular flexibility index (Phi) is 5.27. The van der Waals surface area contributed by atoms with Crippen LogP contribution in [0.1, 0.15) is 30.6 Å². The first-order valence-electron chi connectivity index (χ1n) is 6.88. The van der Waals surface area contributed by atoms with Crippen LogP contribution in [0.25, 0.3) is 0 Å². The van der Waals surface area contributed by atoms with Gasteiger partial charge in [-0.25, -0.2) is 0 Å². The van der Waals surface area contributed by atoms with E-state index in [-0.39, 0.29) is 11.8 Å². The molecule has 0 amide bonds. The van der Waals surface area contributed by atoms with E-state index in [9.17, 15) is 8.78 Å². The van der Waals surface area contributed by atoms with E-state index in [2.05, 4.69) is 22.1 Å². The summed E-state index contributed by atoms with van der Waals surface area (Å²) >= 11 is 0. The fourth-order valence-corrected chi connectivity index (χ4v) is 2.25. The molecule has 0 aliphatic rings. The number of para-hydroxylation sites is 1. The molecule has 0 saturated heterocycles. The number of hydrogen-bond donors (Lipinski definition) is 1. The average molecular weight is 295 g/mol. The Morgan fingerprint density at radius 1 is 1.29 bits per heavy atom. The molecule has 114 valence electrons. The molecule has 1 aromatic carbocycles. The van der Waals surface area contributed by atoms with Crippen LogP contribution in [0.2, 0.25) is 0 Å². The van der Waals surface area contributed by atoms with Crippen LogP contribution in [0, 0.1) is 0 Å². The van der Waals surface area contributed by atoms with Crippen molar-refractivity contribution >= 4 is 0 Å². The highest BCUT2D eigenvalue weighted by Gasteiger charge is 2.21. The average Bonchev–Trinajstić information content (AvgIpc) is 2.87. The van der Waals surface area contributed by atoms with Crippen molar-refractivity contribution in [2.24, 2.45) is 7.05 Å². The summed E-state index contributed by atoms with van der Waals surface area (Å²) < 4.78 is 31.5. The van der Waals surface area contributed by atoms with Crippen molar-refractivity contribution < 1.29 is 13.5 Å². The Bertz CT molecular complexity index is 572. The van der Waals surface area contributed by atoms with E-state index >= 15 is 0 Å². The molecule has 0 radical (unpaired) electrons. The van der Waals surface area contributed by atoms with Crippen LogP contribution in [0.4, 0.5) is 8.78 Å². The second kappa shape index (κ2) is 7.17. The van der Waals surface area contributed by atoms with Crippen molar-refractivity contribution in [2.45, 2.75) is 26.0 Å². The van der Waals surface area contributed by atoms with Crippen molar-refractivity contribution in [3.63, 3.8) is 0 Å². The molecule has 0 aliphatic carbocycles. The van der Waals surface area contributed by atoms with Crippen LogP contribution in [-0.2, 0) is 7.05 Å². The standard InChI is InChI=1S/C15H19F2N3O/c1-3-9-18-14(12-8-10-19-20(12)2)11-6-4-5-7-13(11)21-15(16)17/h4-8,10,14-15,18H,3,9H2,1-2H3. The van der Waals surface area contributed by atoms with Gasteiger partial charge in [0.2, 0.25) is 0 Å². The minimum Gasteiger partial charge on any atom is -0.434 e. The van der Waals surface area contributed by atoms with Gasteiger partial charge in [0.1, 0.15) is 5.75 Å². The van der Waals surface area contributed by atoms with Crippen LogP contribution in [0.5, 0.6) is 5.75 Å². The largest absolute Gasteiger partial charge is 0.434 e. The van der Waals surface area contributed by atoms with E-state index in [1.54, 1.807) is 29.1 Å². The molecule has 21 heavy (non-hydrogen) atoms. The summed E-state index contributed by atoms with van der Waals surface area (Å²) in [4.78, 5) is 0. The number of rotatable bonds is 7. The van der Waals surface area contributed by atoms with Crippen molar-refractivity contribution in [1.82, 2.24) is 15.1 Å². The normalized spacial score (nSPS) is 12.6. The number of aromatic nitrogens is 2. The molecule has 0 bridgehead atoms. The molecule has 6 heteroatoms. The molecule has 2 rings (SSSR count). The fraction of sp³-hybridized carbons (Fsp3) is 0.400. The highest BCUT2D eigenvalue weighted by atomic mass is 19.3. The van der Waals surface area contributed by atoms with E-state index in [1.165, 1.54) is 0 Å². The minimum absolute atomic E-state index is 0.183. The van der Waals surface area contributed by atoms with Crippen LogP contribution < -0.4 is 10.1 Å². The molecule has 1 aromatic heterocycles. The molecule has 1 unspecified atom stereocenters. The van der Waals surface area contributed by atoms with Gasteiger partial charge in [-0.3, -0.25) is 4.68 Å². The third-order valence-corrected chi connectivity index (χ3v) is 3.20. The molecule has 2 aromatic rings. The van der Waals surface area contributed by atoms with Crippen LogP contribution in [0.15, 0.2) is 36.5 Å². The van der Waals surface area contributed by atoms with Gasteiger partial charge < -0.3 is 10.1 Å². The minimum atomic E-state index is -2.84. The van der Waals surface area contributed by atoms with Crippen molar-refractivity contribution in [2.75, 3.05) is 6.54 Å². The third kappa shape index (κ3) is 3.78. The van der Waals surface area contributed by atoms with E-state index in [4.69, 9.17) is 0 Å². The van der Waals surface area contributed by atoms with E-state index in [0.29, 0.717) is 5.56 Å². The molecular formula is C15H19F2N3O.